The number of halogens is 1. The number of carbonyl (C=O) groups is 3. The summed E-state index contributed by atoms with van der Waals surface area (Å²) in [7, 11) is 0. The molecular weight excluding hydrogens is 468 g/mol. The normalized spacial score (nSPS) is 21.3. The summed E-state index contributed by atoms with van der Waals surface area (Å²) in [6.45, 7) is 14.0. The number of benzene rings is 1. The molecule has 0 aromatic heterocycles. The van der Waals surface area contributed by atoms with Gasteiger partial charge < -0.3 is 15.0 Å². The summed E-state index contributed by atoms with van der Waals surface area (Å²) < 4.78 is 5.44. The van der Waals surface area contributed by atoms with E-state index in [9.17, 15) is 14.4 Å². The third kappa shape index (κ3) is 6.05. The third-order valence-electron chi connectivity index (χ3n) is 6.29. The fraction of sp³-hybridized carbons (Fsp3) is 0.500. The van der Waals surface area contributed by atoms with E-state index in [2.05, 4.69) is 16.8 Å². The van der Waals surface area contributed by atoms with E-state index in [0.29, 0.717) is 48.0 Å². The third-order valence-corrected chi connectivity index (χ3v) is 6.52. The molecule has 190 valence electrons. The lowest BCUT2D eigenvalue weighted by atomic mass is 9.94. The summed E-state index contributed by atoms with van der Waals surface area (Å²) >= 11 is 6.23. The van der Waals surface area contributed by atoms with E-state index >= 15 is 0 Å². The monoisotopic (exact) mass is 502 g/mol. The van der Waals surface area contributed by atoms with Crippen LogP contribution in [0.15, 0.2) is 48.2 Å². The van der Waals surface area contributed by atoms with Gasteiger partial charge in [0.25, 0.3) is 0 Å². The Bertz CT molecular complexity index is 1010. The second kappa shape index (κ2) is 11.7. The van der Waals surface area contributed by atoms with E-state index in [1.807, 2.05) is 31.7 Å². The van der Waals surface area contributed by atoms with Crippen LogP contribution in [0.2, 0.25) is 5.02 Å². The maximum Gasteiger partial charge on any atom is 0.338 e. The molecule has 2 aliphatic heterocycles. The molecule has 2 aliphatic rings. The van der Waals surface area contributed by atoms with Crippen LogP contribution in [0.5, 0.6) is 0 Å². The van der Waals surface area contributed by atoms with Crippen LogP contribution in [-0.2, 0) is 14.3 Å². The Hall–Kier alpha value is -2.84. The molecule has 2 heterocycles. The SMILES string of the molecule is C=CCN1C(=O)NC(c2cccc(Cl)c2)C(C(=O)OCC)=C1CN1CCN(C(=O)C(C)C)C(C)C1. The first-order valence-electron chi connectivity index (χ1n) is 12.0. The highest BCUT2D eigenvalue weighted by molar-refractivity contribution is 6.30. The maximum absolute atomic E-state index is 13.3. The van der Waals surface area contributed by atoms with E-state index in [1.165, 1.54) is 4.90 Å². The lowest BCUT2D eigenvalue weighted by molar-refractivity contribution is -0.139. The van der Waals surface area contributed by atoms with Gasteiger partial charge >= 0.3 is 12.0 Å². The van der Waals surface area contributed by atoms with Gasteiger partial charge in [-0.15, -0.1) is 6.58 Å². The van der Waals surface area contributed by atoms with Crippen LogP contribution >= 0.6 is 11.6 Å². The minimum Gasteiger partial charge on any atom is -0.463 e. The van der Waals surface area contributed by atoms with Gasteiger partial charge in [0.1, 0.15) is 0 Å². The van der Waals surface area contributed by atoms with Crippen molar-refractivity contribution in [3.05, 3.63) is 58.8 Å². The molecule has 9 heteroatoms. The van der Waals surface area contributed by atoms with Gasteiger partial charge in [0, 0.05) is 55.4 Å². The van der Waals surface area contributed by atoms with Crippen LogP contribution in [0.1, 0.15) is 39.3 Å². The number of esters is 1. The van der Waals surface area contributed by atoms with Crippen LogP contribution in [-0.4, -0.2) is 78.0 Å². The lowest BCUT2D eigenvalue weighted by Crippen LogP contribution is -2.57. The topological polar surface area (TPSA) is 82.2 Å². The van der Waals surface area contributed by atoms with Crippen molar-refractivity contribution in [2.24, 2.45) is 5.92 Å². The van der Waals surface area contributed by atoms with Crippen molar-refractivity contribution in [2.75, 3.05) is 39.3 Å². The van der Waals surface area contributed by atoms with Crippen LogP contribution in [0, 0.1) is 5.92 Å². The summed E-state index contributed by atoms with van der Waals surface area (Å²) in [5.41, 5.74) is 1.65. The Balaban J connectivity index is 2.01. The number of hydrogen-bond donors (Lipinski definition) is 1. The number of nitrogens with zero attached hydrogens (tertiary/aromatic N) is 3. The zero-order chi connectivity index (χ0) is 25.7. The fourth-order valence-corrected chi connectivity index (χ4v) is 4.83. The Morgan fingerprint density at radius 2 is 2.06 bits per heavy atom. The molecule has 1 saturated heterocycles. The van der Waals surface area contributed by atoms with Gasteiger partial charge in [-0.2, -0.15) is 0 Å². The van der Waals surface area contributed by atoms with Crippen molar-refractivity contribution in [1.82, 2.24) is 20.0 Å². The average Bonchev–Trinajstić information content (AvgIpc) is 2.80. The molecule has 0 radical (unpaired) electrons. The Labute approximate surface area is 212 Å². The summed E-state index contributed by atoms with van der Waals surface area (Å²) in [5.74, 6) is -0.413. The second-order valence-corrected chi connectivity index (χ2v) is 9.62. The highest BCUT2D eigenvalue weighted by Crippen LogP contribution is 2.33. The Morgan fingerprint density at radius 1 is 1.31 bits per heavy atom. The number of rotatable bonds is 8. The predicted octanol–water partition coefficient (Wildman–Crippen LogP) is 3.60. The van der Waals surface area contributed by atoms with Gasteiger partial charge in [-0.25, -0.2) is 9.59 Å². The molecule has 1 N–H and O–H groups in total. The first kappa shape index (κ1) is 26.8. The number of ether oxygens (including phenoxy) is 1. The molecule has 0 bridgehead atoms. The highest BCUT2D eigenvalue weighted by atomic mass is 35.5. The molecule has 3 amide bonds. The molecule has 1 aromatic carbocycles. The summed E-state index contributed by atoms with van der Waals surface area (Å²) in [5, 5.41) is 3.45. The van der Waals surface area contributed by atoms with Gasteiger partial charge in [-0.05, 0) is 31.5 Å². The number of urea groups is 1. The van der Waals surface area contributed by atoms with Crippen molar-refractivity contribution in [1.29, 1.82) is 0 Å². The standard InChI is InChI=1S/C26H35ClN4O4/c1-6-11-31-21(16-29-12-13-30(18(5)15-29)24(32)17(3)4)22(25(33)35-7-2)23(28-26(31)34)19-9-8-10-20(27)14-19/h6,8-10,14,17-18,23H,1,7,11-13,15-16H2,2-5H3,(H,28,34). The van der Waals surface area contributed by atoms with Crippen molar-refractivity contribution in [2.45, 2.75) is 39.8 Å². The molecule has 0 saturated carbocycles. The van der Waals surface area contributed by atoms with Crippen LogP contribution < -0.4 is 5.32 Å². The predicted molar refractivity (Wildman–Crippen MR) is 136 cm³/mol. The molecule has 1 aromatic rings. The van der Waals surface area contributed by atoms with Gasteiger partial charge in [0.2, 0.25) is 5.91 Å². The summed E-state index contributed by atoms with van der Waals surface area (Å²) in [6, 6.07) is 6.10. The van der Waals surface area contributed by atoms with E-state index in [-0.39, 0.29) is 37.0 Å². The molecular formula is C26H35ClN4O4. The van der Waals surface area contributed by atoms with Gasteiger partial charge in [0.05, 0.1) is 18.2 Å². The minimum absolute atomic E-state index is 0.0132. The van der Waals surface area contributed by atoms with Crippen molar-refractivity contribution < 1.29 is 19.1 Å². The van der Waals surface area contributed by atoms with E-state index < -0.39 is 12.0 Å². The molecule has 2 unspecified atom stereocenters. The maximum atomic E-state index is 13.3. The number of carbonyl (C=O) groups excluding carboxylic acids is 3. The Morgan fingerprint density at radius 3 is 2.66 bits per heavy atom. The molecule has 35 heavy (non-hydrogen) atoms. The second-order valence-electron chi connectivity index (χ2n) is 9.19. The van der Waals surface area contributed by atoms with Crippen LogP contribution in [0.25, 0.3) is 0 Å². The molecule has 1 fully saturated rings. The average molecular weight is 503 g/mol. The van der Waals surface area contributed by atoms with Crippen molar-refractivity contribution in [3.63, 3.8) is 0 Å². The van der Waals surface area contributed by atoms with E-state index in [1.54, 1.807) is 31.2 Å². The molecule has 3 rings (SSSR count). The minimum atomic E-state index is -0.697. The number of amides is 3. The number of hydrogen-bond acceptors (Lipinski definition) is 5. The van der Waals surface area contributed by atoms with Crippen LogP contribution in [0.4, 0.5) is 4.79 Å². The first-order valence-corrected chi connectivity index (χ1v) is 12.4. The van der Waals surface area contributed by atoms with Crippen molar-refractivity contribution >= 4 is 29.5 Å². The highest BCUT2D eigenvalue weighted by Gasteiger charge is 2.39. The van der Waals surface area contributed by atoms with Gasteiger partial charge in [-0.1, -0.05) is 43.7 Å². The summed E-state index contributed by atoms with van der Waals surface area (Å²) in [4.78, 5) is 44.7. The number of piperazine rings is 1. The zero-order valence-corrected chi connectivity index (χ0v) is 21.7. The lowest BCUT2D eigenvalue weighted by Gasteiger charge is -2.43. The molecule has 8 nitrogen and oxygen atoms in total. The molecule has 0 spiro atoms. The summed E-state index contributed by atoms with van der Waals surface area (Å²) in [6.07, 6.45) is 1.63. The van der Waals surface area contributed by atoms with Gasteiger partial charge in [-0.3, -0.25) is 14.6 Å². The largest absolute Gasteiger partial charge is 0.463 e. The zero-order valence-electron chi connectivity index (χ0n) is 20.9. The smallest absolute Gasteiger partial charge is 0.338 e. The molecule has 2 atom stereocenters. The van der Waals surface area contributed by atoms with Crippen molar-refractivity contribution in [3.8, 4) is 0 Å². The fourth-order valence-electron chi connectivity index (χ4n) is 4.63. The van der Waals surface area contributed by atoms with E-state index in [4.69, 9.17) is 16.3 Å². The quantitative estimate of drug-likeness (QED) is 0.434. The number of nitrogens with one attached hydrogen (secondary N) is 1. The first-order chi connectivity index (χ1) is 16.7. The van der Waals surface area contributed by atoms with Crippen LogP contribution in [0.3, 0.4) is 0 Å². The Kier molecular flexibility index (Phi) is 8.97. The molecule has 0 aliphatic carbocycles. The van der Waals surface area contributed by atoms with E-state index in [0.717, 1.165) is 0 Å². The van der Waals surface area contributed by atoms with Gasteiger partial charge in [0.15, 0.2) is 0 Å².